The molecular weight excluding hydrogens is 478 g/mol. The van der Waals surface area contributed by atoms with Gasteiger partial charge in [0.25, 0.3) is 0 Å². The van der Waals surface area contributed by atoms with Gasteiger partial charge in [0.1, 0.15) is 5.75 Å². The zero-order chi connectivity index (χ0) is 25.0. The lowest BCUT2D eigenvalue weighted by atomic mass is 9.87. The number of rotatable bonds is 8. The van der Waals surface area contributed by atoms with Crippen LogP contribution in [0, 0.1) is 0 Å². The maximum Gasteiger partial charge on any atom is 0.196 e. The third kappa shape index (κ3) is 5.95. The second kappa shape index (κ2) is 10.7. The summed E-state index contributed by atoms with van der Waals surface area (Å²) in [5.41, 5.74) is 3.78. The fraction of sp³-hybridized carbons (Fsp3) is 0.250. The Morgan fingerprint density at radius 1 is 0.943 bits per heavy atom. The van der Waals surface area contributed by atoms with E-state index in [4.69, 9.17) is 16.3 Å². The average molecular weight is 506 g/mol. The lowest BCUT2D eigenvalue weighted by molar-refractivity contribution is 0.102. The first-order valence-corrected chi connectivity index (χ1v) is 12.8. The molecule has 0 aliphatic carbocycles. The Morgan fingerprint density at radius 3 is 2.20 bits per heavy atom. The number of ketones is 1. The molecule has 4 aromatic rings. The molecule has 35 heavy (non-hydrogen) atoms. The van der Waals surface area contributed by atoms with E-state index >= 15 is 0 Å². The number of ether oxygens (including phenoxy) is 1. The highest BCUT2D eigenvalue weighted by atomic mass is 35.5. The van der Waals surface area contributed by atoms with Gasteiger partial charge in [-0.1, -0.05) is 68.4 Å². The van der Waals surface area contributed by atoms with Crippen LogP contribution < -0.4 is 4.74 Å². The molecule has 0 N–H and O–H groups in total. The lowest BCUT2D eigenvalue weighted by Gasteiger charge is -2.19. The molecule has 0 radical (unpaired) electrons. The summed E-state index contributed by atoms with van der Waals surface area (Å²) in [7, 11) is 0. The lowest BCUT2D eigenvalue weighted by Crippen LogP contribution is -2.10. The van der Waals surface area contributed by atoms with Crippen LogP contribution in [0.3, 0.4) is 0 Å². The van der Waals surface area contributed by atoms with E-state index in [1.165, 1.54) is 17.3 Å². The molecule has 0 aliphatic rings. The fourth-order valence-corrected chi connectivity index (χ4v) is 4.58. The molecule has 5 nitrogen and oxygen atoms in total. The van der Waals surface area contributed by atoms with Crippen LogP contribution in [0.25, 0.3) is 17.1 Å². The van der Waals surface area contributed by atoms with E-state index in [1.807, 2.05) is 35.8 Å². The van der Waals surface area contributed by atoms with Crippen LogP contribution in [0.2, 0.25) is 5.02 Å². The third-order valence-corrected chi connectivity index (χ3v) is 6.73. The molecule has 7 heteroatoms. The molecule has 1 heterocycles. The van der Waals surface area contributed by atoms with E-state index < -0.39 is 0 Å². The molecule has 0 unspecified atom stereocenters. The van der Waals surface area contributed by atoms with Crippen molar-refractivity contribution in [3.8, 4) is 22.8 Å². The van der Waals surface area contributed by atoms with Gasteiger partial charge in [0.2, 0.25) is 0 Å². The Hall–Kier alpha value is -3.09. The largest absolute Gasteiger partial charge is 0.494 e. The summed E-state index contributed by atoms with van der Waals surface area (Å²) in [6.45, 7) is 9.13. The van der Waals surface area contributed by atoms with Crippen molar-refractivity contribution in [2.75, 3.05) is 12.4 Å². The molecule has 4 rings (SSSR count). The Balaban J connectivity index is 1.67. The predicted molar refractivity (Wildman–Crippen MR) is 143 cm³/mol. The minimum absolute atomic E-state index is 0.00369. The number of halogens is 1. The quantitative estimate of drug-likeness (QED) is 0.186. The summed E-state index contributed by atoms with van der Waals surface area (Å²) in [4.78, 5) is 12.8. The van der Waals surface area contributed by atoms with Gasteiger partial charge in [0.05, 0.1) is 12.4 Å². The molecule has 0 saturated heterocycles. The molecule has 180 valence electrons. The molecule has 0 spiro atoms. The molecule has 0 bridgehead atoms. The minimum atomic E-state index is 0.00369. The van der Waals surface area contributed by atoms with Crippen molar-refractivity contribution in [2.45, 2.75) is 38.3 Å². The van der Waals surface area contributed by atoms with Crippen LogP contribution in [-0.4, -0.2) is 32.9 Å². The molecule has 0 aliphatic heterocycles. The van der Waals surface area contributed by atoms with Gasteiger partial charge in [0.15, 0.2) is 16.8 Å². The number of thioether (sulfide) groups is 1. The second-order valence-corrected chi connectivity index (χ2v) is 10.5. The number of Topliss-reactive ketones (excluding diaryl/α,β-unsaturated/α-hetero) is 1. The van der Waals surface area contributed by atoms with Crippen molar-refractivity contribution in [1.82, 2.24) is 14.8 Å². The molecule has 0 fully saturated rings. The first-order chi connectivity index (χ1) is 16.8. The van der Waals surface area contributed by atoms with Gasteiger partial charge in [-0.2, -0.15) is 0 Å². The van der Waals surface area contributed by atoms with Gasteiger partial charge in [-0.15, -0.1) is 10.2 Å². The molecule has 0 atom stereocenters. The average Bonchev–Trinajstić information content (AvgIpc) is 3.27. The van der Waals surface area contributed by atoms with E-state index in [1.54, 1.807) is 24.3 Å². The summed E-state index contributed by atoms with van der Waals surface area (Å²) in [6.07, 6.45) is 0. The van der Waals surface area contributed by atoms with Gasteiger partial charge >= 0.3 is 0 Å². The maximum atomic E-state index is 12.8. The number of aromatic nitrogens is 3. The summed E-state index contributed by atoms with van der Waals surface area (Å²) < 4.78 is 7.59. The van der Waals surface area contributed by atoms with Crippen molar-refractivity contribution in [3.05, 3.63) is 88.9 Å². The highest BCUT2D eigenvalue weighted by Crippen LogP contribution is 2.31. The molecule has 3 aromatic carbocycles. The zero-order valence-corrected chi connectivity index (χ0v) is 21.9. The first kappa shape index (κ1) is 25.0. The monoisotopic (exact) mass is 505 g/mol. The van der Waals surface area contributed by atoms with Gasteiger partial charge < -0.3 is 4.74 Å². The van der Waals surface area contributed by atoms with E-state index in [2.05, 4.69) is 55.2 Å². The molecular formula is C28H28ClN3O2S. The second-order valence-electron chi connectivity index (χ2n) is 9.11. The summed E-state index contributed by atoms with van der Waals surface area (Å²) in [6, 6.07) is 23.1. The Labute approximate surface area is 215 Å². The van der Waals surface area contributed by atoms with Crippen molar-refractivity contribution >= 4 is 29.1 Å². The van der Waals surface area contributed by atoms with Gasteiger partial charge in [0, 0.05) is 21.8 Å². The van der Waals surface area contributed by atoms with Crippen LogP contribution >= 0.6 is 23.4 Å². The fourth-order valence-electron chi connectivity index (χ4n) is 3.61. The van der Waals surface area contributed by atoms with Crippen LogP contribution in [0.1, 0.15) is 43.6 Å². The van der Waals surface area contributed by atoms with Gasteiger partial charge in [-0.3, -0.25) is 9.36 Å². The van der Waals surface area contributed by atoms with Crippen LogP contribution in [-0.2, 0) is 5.41 Å². The van der Waals surface area contributed by atoms with Crippen molar-refractivity contribution in [2.24, 2.45) is 0 Å². The first-order valence-electron chi connectivity index (χ1n) is 11.5. The number of carbonyl (C=O) groups excluding carboxylic acids is 1. The standard InChI is InChI=1S/C28H28ClN3O2S/c1-5-34-24-16-14-23(15-17-24)32-26(20-6-10-21(11-7-20)28(2,3)4)30-31-27(32)35-18-25(33)19-8-12-22(29)13-9-19/h6-17H,5,18H2,1-4H3. The zero-order valence-electron chi connectivity index (χ0n) is 20.3. The van der Waals surface area contributed by atoms with Crippen LogP contribution in [0.15, 0.2) is 78.0 Å². The maximum absolute atomic E-state index is 12.8. The van der Waals surface area contributed by atoms with Crippen molar-refractivity contribution in [3.63, 3.8) is 0 Å². The molecule has 1 aromatic heterocycles. The SMILES string of the molecule is CCOc1ccc(-n2c(SCC(=O)c3ccc(Cl)cc3)nnc2-c2ccc(C(C)(C)C)cc2)cc1. The van der Waals surface area contributed by atoms with Crippen molar-refractivity contribution in [1.29, 1.82) is 0 Å². The van der Waals surface area contributed by atoms with E-state index in [-0.39, 0.29) is 17.0 Å². The van der Waals surface area contributed by atoms with E-state index in [9.17, 15) is 4.79 Å². The highest BCUT2D eigenvalue weighted by molar-refractivity contribution is 7.99. The van der Waals surface area contributed by atoms with Crippen LogP contribution in [0.5, 0.6) is 5.75 Å². The van der Waals surface area contributed by atoms with Gasteiger partial charge in [-0.25, -0.2) is 0 Å². The third-order valence-electron chi connectivity index (χ3n) is 5.55. The Kier molecular flexibility index (Phi) is 7.63. The normalized spacial score (nSPS) is 11.5. The highest BCUT2D eigenvalue weighted by Gasteiger charge is 2.19. The van der Waals surface area contributed by atoms with E-state index in [0.717, 1.165) is 22.8 Å². The van der Waals surface area contributed by atoms with E-state index in [0.29, 0.717) is 22.3 Å². The number of carbonyl (C=O) groups is 1. The Morgan fingerprint density at radius 2 is 1.60 bits per heavy atom. The molecule has 0 amide bonds. The number of nitrogens with zero attached hydrogens (tertiary/aromatic N) is 3. The van der Waals surface area contributed by atoms with Crippen LogP contribution in [0.4, 0.5) is 0 Å². The minimum Gasteiger partial charge on any atom is -0.494 e. The summed E-state index contributed by atoms with van der Waals surface area (Å²) in [5, 5.41) is 10.2. The molecule has 0 saturated carbocycles. The number of benzene rings is 3. The number of hydrogen-bond donors (Lipinski definition) is 0. The van der Waals surface area contributed by atoms with Crippen molar-refractivity contribution < 1.29 is 9.53 Å². The number of hydrogen-bond acceptors (Lipinski definition) is 5. The summed E-state index contributed by atoms with van der Waals surface area (Å²) in [5.74, 6) is 1.76. The topological polar surface area (TPSA) is 57.0 Å². The Bertz CT molecular complexity index is 1290. The smallest absolute Gasteiger partial charge is 0.196 e. The summed E-state index contributed by atoms with van der Waals surface area (Å²) >= 11 is 7.32. The van der Waals surface area contributed by atoms with Gasteiger partial charge in [-0.05, 0) is 66.4 Å². The predicted octanol–water partition coefficient (Wildman–Crippen LogP) is 7.26.